The molecular weight excluding hydrogens is 780 g/mol. The van der Waals surface area contributed by atoms with Crippen molar-refractivity contribution in [3.8, 4) is 0 Å². The van der Waals surface area contributed by atoms with Gasteiger partial charge in [-0.25, -0.2) is 24.0 Å². The Morgan fingerprint density at radius 3 is 1.41 bits per heavy atom. The van der Waals surface area contributed by atoms with Gasteiger partial charge in [-0.3, -0.25) is 9.59 Å². The lowest BCUT2D eigenvalue weighted by atomic mass is 10.2. The standard InChI is InChI=1S/C22H31N3O7.C17H23N3O5.ClH/c1-22(2,3)32-20(28)23-13-17(19(27)30-15-18(26)25-11-7-8-12-25)24-21(29)31-14-16-9-5-4-6-10-16;18-10-14(16(22)24-12-15(21)20-8-4-5-9-20)19-17(23)25-11-13-6-2-1-3-7-13;/h4-6,9-10,17H,7-8,11-15H2,1-3H3,(H,23,28)(H,24,29);1-3,6-7,14H,4-5,8-12,18H2,(H,19,23);1H/t17-;14-;/m11./s1. The fourth-order valence-corrected chi connectivity index (χ4v) is 5.30. The molecule has 0 spiro atoms. The molecule has 320 valence electrons. The molecule has 0 bridgehead atoms. The average Bonchev–Trinajstić information content (AvgIpc) is 3.95. The fourth-order valence-electron chi connectivity index (χ4n) is 5.30. The summed E-state index contributed by atoms with van der Waals surface area (Å²) in [4.78, 5) is 87.6. The van der Waals surface area contributed by atoms with Crippen molar-refractivity contribution >= 4 is 54.4 Å². The number of rotatable bonds is 15. The molecule has 2 fully saturated rings. The molecule has 2 aromatic rings. The zero-order chi connectivity index (χ0) is 41.6. The fraction of sp³-hybridized carbons (Fsp3) is 0.513. The number of alkyl carbamates (subject to hydrolysis) is 3. The van der Waals surface area contributed by atoms with Crippen LogP contribution in [0, 0.1) is 0 Å². The van der Waals surface area contributed by atoms with Gasteiger partial charge in [0, 0.05) is 32.7 Å². The van der Waals surface area contributed by atoms with Crippen molar-refractivity contribution in [3.05, 3.63) is 71.8 Å². The van der Waals surface area contributed by atoms with Gasteiger partial charge in [0.2, 0.25) is 0 Å². The van der Waals surface area contributed by atoms with Crippen LogP contribution in [0.1, 0.15) is 57.6 Å². The van der Waals surface area contributed by atoms with Gasteiger partial charge >= 0.3 is 30.2 Å². The van der Waals surface area contributed by atoms with Crippen LogP contribution in [0.15, 0.2) is 60.7 Å². The Hall–Kier alpha value is -5.62. The monoisotopic (exact) mass is 834 g/mol. The van der Waals surface area contributed by atoms with Crippen molar-refractivity contribution in [2.24, 2.45) is 5.73 Å². The number of benzene rings is 2. The van der Waals surface area contributed by atoms with Crippen LogP contribution in [-0.4, -0.2) is 122 Å². The molecule has 5 amide bonds. The number of hydrogen-bond acceptors (Lipinski definition) is 13. The van der Waals surface area contributed by atoms with Crippen LogP contribution in [0.4, 0.5) is 14.4 Å². The highest BCUT2D eigenvalue weighted by Crippen LogP contribution is 2.10. The molecule has 2 aliphatic heterocycles. The van der Waals surface area contributed by atoms with E-state index in [-0.39, 0.29) is 57.1 Å². The second-order valence-corrected chi connectivity index (χ2v) is 14.0. The molecule has 0 aromatic heterocycles. The van der Waals surface area contributed by atoms with Crippen LogP contribution >= 0.6 is 12.4 Å². The highest BCUT2D eigenvalue weighted by atomic mass is 35.5. The van der Waals surface area contributed by atoms with Crippen molar-refractivity contribution in [3.63, 3.8) is 0 Å². The van der Waals surface area contributed by atoms with E-state index >= 15 is 0 Å². The molecule has 2 saturated heterocycles. The summed E-state index contributed by atoms with van der Waals surface area (Å²) in [5.74, 6) is -2.17. The quantitative estimate of drug-likeness (QED) is 0.150. The molecule has 4 rings (SSSR count). The van der Waals surface area contributed by atoms with Crippen molar-refractivity contribution in [2.45, 2.75) is 77.4 Å². The van der Waals surface area contributed by atoms with Gasteiger partial charge < -0.3 is 55.2 Å². The molecule has 5 N–H and O–H groups in total. The second kappa shape index (κ2) is 25.6. The summed E-state index contributed by atoms with van der Waals surface area (Å²) < 4.78 is 25.3. The van der Waals surface area contributed by atoms with Gasteiger partial charge in [-0.15, -0.1) is 12.4 Å². The smallest absolute Gasteiger partial charge is 0.408 e. The van der Waals surface area contributed by atoms with E-state index in [0.29, 0.717) is 26.2 Å². The molecular formula is C39H55ClN6O12. The van der Waals surface area contributed by atoms with Gasteiger partial charge in [0.25, 0.3) is 11.8 Å². The number of nitrogens with two attached hydrogens (primary N) is 1. The SMILES string of the molecule is CC(C)(C)OC(=O)NC[C@@H](NC(=O)OCc1ccccc1)C(=O)OCC(=O)N1CCCC1.Cl.NC[C@@H](NC(=O)OCc1ccccc1)C(=O)OCC(=O)N1CCCC1. The van der Waals surface area contributed by atoms with Gasteiger partial charge in [0.1, 0.15) is 30.9 Å². The number of esters is 2. The first-order chi connectivity index (χ1) is 27.2. The van der Waals surface area contributed by atoms with Gasteiger partial charge in [-0.1, -0.05) is 60.7 Å². The number of amides is 5. The van der Waals surface area contributed by atoms with Crippen LogP contribution in [0.25, 0.3) is 0 Å². The van der Waals surface area contributed by atoms with Crippen molar-refractivity contribution in [1.82, 2.24) is 25.8 Å². The van der Waals surface area contributed by atoms with Gasteiger partial charge in [-0.05, 0) is 57.6 Å². The van der Waals surface area contributed by atoms with Crippen LogP contribution < -0.4 is 21.7 Å². The third-order valence-corrected chi connectivity index (χ3v) is 8.26. The van der Waals surface area contributed by atoms with Crippen molar-refractivity contribution in [2.75, 3.05) is 52.5 Å². The van der Waals surface area contributed by atoms with Crippen LogP contribution in [0.5, 0.6) is 0 Å². The number of carbonyl (C=O) groups excluding carboxylic acids is 7. The highest BCUT2D eigenvalue weighted by Gasteiger charge is 2.28. The Bertz CT molecular complexity index is 1620. The van der Waals surface area contributed by atoms with E-state index < -0.39 is 54.5 Å². The van der Waals surface area contributed by atoms with E-state index in [9.17, 15) is 33.6 Å². The highest BCUT2D eigenvalue weighted by molar-refractivity contribution is 5.86. The van der Waals surface area contributed by atoms with Crippen LogP contribution in [-0.2, 0) is 56.1 Å². The number of hydrogen-bond donors (Lipinski definition) is 4. The van der Waals surface area contributed by atoms with Crippen LogP contribution in [0.3, 0.4) is 0 Å². The second-order valence-electron chi connectivity index (χ2n) is 14.0. The number of carbonyl (C=O) groups is 7. The summed E-state index contributed by atoms with van der Waals surface area (Å²) in [7, 11) is 0. The Morgan fingerprint density at radius 2 is 1.02 bits per heavy atom. The van der Waals surface area contributed by atoms with Crippen molar-refractivity contribution in [1.29, 1.82) is 0 Å². The number of ether oxygens (including phenoxy) is 5. The van der Waals surface area contributed by atoms with Crippen molar-refractivity contribution < 1.29 is 57.2 Å². The minimum absolute atomic E-state index is 0. The minimum atomic E-state index is -1.27. The summed E-state index contributed by atoms with van der Waals surface area (Å²) in [6.45, 7) is 6.54. The summed E-state index contributed by atoms with van der Waals surface area (Å²) in [5, 5.41) is 7.13. The van der Waals surface area contributed by atoms with Gasteiger partial charge in [0.05, 0.1) is 6.54 Å². The third kappa shape index (κ3) is 19.0. The Labute approximate surface area is 344 Å². The first-order valence-electron chi connectivity index (χ1n) is 18.7. The number of nitrogens with zero attached hydrogens (tertiary/aromatic N) is 2. The van der Waals surface area contributed by atoms with E-state index in [1.165, 1.54) is 0 Å². The van der Waals surface area contributed by atoms with E-state index in [2.05, 4.69) is 16.0 Å². The largest absolute Gasteiger partial charge is 0.454 e. The van der Waals surface area contributed by atoms with E-state index in [4.69, 9.17) is 29.4 Å². The molecule has 2 heterocycles. The maximum Gasteiger partial charge on any atom is 0.408 e. The average molecular weight is 835 g/mol. The molecule has 0 aliphatic carbocycles. The zero-order valence-electron chi connectivity index (χ0n) is 33.1. The molecule has 2 aromatic carbocycles. The molecule has 0 radical (unpaired) electrons. The summed E-state index contributed by atoms with van der Waals surface area (Å²) >= 11 is 0. The van der Waals surface area contributed by atoms with E-state index in [0.717, 1.165) is 36.8 Å². The molecule has 0 saturated carbocycles. The predicted octanol–water partition coefficient (Wildman–Crippen LogP) is 2.80. The third-order valence-electron chi connectivity index (χ3n) is 8.26. The number of nitrogens with one attached hydrogen (secondary N) is 3. The Balaban J connectivity index is 0.000000405. The maximum absolute atomic E-state index is 12.5. The van der Waals surface area contributed by atoms with E-state index in [1.807, 2.05) is 36.4 Å². The van der Waals surface area contributed by atoms with E-state index in [1.54, 1.807) is 54.8 Å². The normalized spacial score (nSPS) is 14.2. The first-order valence-corrected chi connectivity index (χ1v) is 18.7. The lowest BCUT2D eigenvalue weighted by molar-refractivity contribution is -0.153. The summed E-state index contributed by atoms with van der Waals surface area (Å²) in [6.07, 6.45) is 1.34. The molecule has 2 aliphatic rings. The molecule has 58 heavy (non-hydrogen) atoms. The summed E-state index contributed by atoms with van der Waals surface area (Å²) in [6, 6.07) is 15.8. The topological polar surface area (TPSA) is 234 Å². The lowest BCUT2D eigenvalue weighted by Crippen LogP contribution is -2.50. The Morgan fingerprint density at radius 1 is 0.621 bits per heavy atom. The lowest BCUT2D eigenvalue weighted by Gasteiger charge is -2.22. The molecule has 0 unspecified atom stereocenters. The Kier molecular flexibility index (Phi) is 21.4. The summed E-state index contributed by atoms with van der Waals surface area (Å²) in [5.41, 5.74) is 6.35. The zero-order valence-corrected chi connectivity index (χ0v) is 33.9. The molecule has 19 heteroatoms. The minimum Gasteiger partial charge on any atom is -0.454 e. The molecule has 2 atom stereocenters. The predicted molar refractivity (Wildman–Crippen MR) is 211 cm³/mol. The number of likely N-dealkylation sites (tertiary alicyclic amines) is 2. The first kappa shape index (κ1) is 48.5. The van der Waals surface area contributed by atoms with Gasteiger partial charge in [0.15, 0.2) is 13.2 Å². The molecule has 18 nitrogen and oxygen atoms in total. The number of halogens is 1. The van der Waals surface area contributed by atoms with Gasteiger partial charge in [-0.2, -0.15) is 0 Å². The van der Waals surface area contributed by atoms with Crippen LogP contribution in [0.2, 0.25) is 0 Å². The maximum atomic E-state index is 12.5.